The zero-order valence-corrected chi connectivity index (χ0v) is 42.0. The summed E-state index contributed by atoms with van der Waals surface area (Å²) in [5, 5.41) is 51.6. The van der Waals surface area contributed by atoms with Gasteiger partial charge >= 0.3 is 88.7 Å². The standard InChI is InChI=1S/C41H30N6O12S2.3Na/c1-20-14-22(7-11-30(20)44-42-26-10-13-33(48)29(18-26)41(52)53)23-8-12-31(21(2)15-23)45-47-38-36(61(57,58)59)16-24-6-9-25(17-28(24)39(38)50)43-46-32-19-35(60(54,55)56)27-4-3-5-34(49)37(27)40(32)51;;;/h3-19,43,45,48-49H,1-2H3,(H,52,53)(H,54,55,56)(H,57,58,59);;;/q;3*+1/p-3. The Morgan fingerprint density at radius 2 is 1.33 bits per heavy atom. The van der Waals surface area contributed by atoms with Gasteiger partial charge in [0.05, 0.1) is 28.7 Å². The molecule has 7 rings (SSSR count). The molecule has 0 spiro atoms. The maximum absolute atomic E-state index is 13.8. The predicted octanol–water partition coefficient (Wildman–Crippen LogP) is -4.31. The van der Waals surface area contributed by atoms with Gasteiger partial charge in [-0.1, -0.05) is 54.0 Å². The number of allylic oxidation sites excluding steroid dienone is 2. The third kappa shape index (κ3) is 11.1. The van der Waals surface area contributed by atoms with E-state index in [9.17, 15) is 55.6 Å². The van der Waals surface area contributed by atoms with E-state index >= 15 is 0 Å². The molecular formula is C41H27N6Na3O12S2. The van der Waals surface area contributed by atoms with Crippen LogP contribution in [-0.4, -0.2) is 54.9 Å². The summed E-state index contributed by atoms with van der Waals surface area (Å²) in [7, 11) is -9.89. The van der Waals surface area contributed by atoms with Crippen molar-refractivity contribution < 1.29 is 144 Å². The zero-order chi connectivity index (χ0) is 44.0. The summed E-state index contributed by atoms with van der Waals surface area (Å²) in [5.74, 6) is -4.99. The molecule has 0 fully saturated rings. The number of anilines is 2. The minimum atomic E-state index is -4.99. The van der Waals surface area contributed by atoms with Gasteiger partial charge in [-0.05, 0) is 108 Å². The first-order valence-corrected chi connectivity index (χ1v) is 20.4. The van der Waals surface area contributed by atoms with Crippen LogP contribution in [0.1, 0.15) is 53.3 Å². The van der Waals surface area contributed by atoms with E-state index in [1.165, 1.54) is 36.4 Å². The molecule has 0 aliphatic heterocycles. The number of hydrogen-bond donors (Lipinski definition) is 4. The number of nitrogens with one attached hydrogen (secondary N) is 2. The molecule has 23 heteroatoms. The number of aromatic carboxylic acids is 1. The minimum Gasteiger partial charge on any atom is -0.872 e. The number of fused-ring (bicyclic) bond motifs is 2. The number of hydrazone groups is 2. The van der Waals surface area contributed by atoms with Crippen molar-refractivity contribution in [1.82, 2.24) is 0 Å². The monoisotopic (exact) mass is 928 g/mol. The molecule has 308 valence electrons. The molecule has 0 heterocycles. The maximum Gasteiger partial charge on any atom is 1.00 e. The van der Waals surface area contributed by atoms with Crippen LogP contribution < -0.4 is 115 Å². The van der Waals surface area contributed by atoms with Crippen molar-refractivity contribution in [2.45, 2.75) is 13.8 Å². The van der Waals surface area contributed by atoms with Crippen LogP contribution in [0.5, 0.6) is 11.5 Å². The molecule has 0 atom stereocenters. The molecule has 2 aliphatic carbocycles. The van der Waals surface area contributed by atoms with Crippen LogP contribution in [0.15, 0.2) is 122 Å². The second kappa shape index (κ2) is 20.7. The van der Waals surface area contributed by atoms with E-state index in [-0.39, 0.29) is 117 Å². The average Bonchev–Trinajstić information content (AvgIpc) is 3.19. The Hall–Kier alpha value is -4.65. The van der Waals surface area contributed by atoms with Crippen LogP contribution in [0.25, 0.3) is 22.1 Å². The number of aryl methyl sites for hydroxylation is 2. The average molecular weight is 929 g/mol. The zero-order valence-electron chi connectivity index (χ0n) is 34.4. The van der Waals surface area contributed by atoms with Crippen LogP contribution >= 0.6 is 0 Å². The summed E-state index contributed by atoms with van der Waals surface area (Å²) in [4.78, 5) is 36.6. The molecular weight excluding hydrogens is 902 g/mol. The van der Waals surface area contributed by atoms with Crippen molar-refractivity contribution in [2.24, 2.45) is 20.4 Å². The molecule has 0 unspecified atom stereocenters. The van der Waals surface area contributed by atoms with E-state index in [0.717, 1.165) is 41.5 Å². The fraction of sp³-hybridized carbons (Fsp3) is 0.0488. The van der Waals surface area contributed by atoms with Crippen molar-refractivity contribution in [3.63, 3.8) is 0 Å². The van der Waals surface area contributed by atoms with Gasteiger partial charge in [0.1, 0.15) is 15.5 Å². The molecule has 0 saturated carbocycles. The van der Waals surface area contributed by atoms with Crippen LogP contribution in [0.3, 0.4) is 0 Å². The van der Waals surface area contributed by atoms with Crippen molar-refractivity contribution in [3.05, 3.63) is 141 Å². The number of carboxylic acid groups (broad SMARTS) is 1. The van der Waals surface area contributed by atoms with E-state index in [2.05, 4.69) is 31.3 Å². The fourth-order valence-corrected chi connectivity index (χ4v) is 7.74. The minimum absolute atomic E-state index is 0. The topological polar surface area (TPSA) is 303 Å². The van der Waals surface area contributed by atoms with E-state index in [1.54, 1.807) is 44.2 Å². The summed E-state index contributed by atoms with van der Waals surface area (Å²) in [6, 6.07) is 21.3. The van der Waals surface area contributed by atoms with E-state index < -0.39 is 81.6 Å². The summed E-state index contributed by atoms with van der Waals surface area (Å²) in [6.45, 7) is 3.52. The second-order valence-electron chi connectivity index (χ2n) is 13.5. The summed E-state index contributed by atoms with van der Waals surface area (Å²) >= 11 is 0. The first-order valence-electron chi connectivity index (χ1n) is 17.6. The van der Waals surface area contributed by atoms with Crippen molar-refractivity contribution in [1.29, 1.82) is 0 Å². The first-order chi connectivity index (χ1) is 28.8. The van der Waals surface area contributed by atoms with Gasteiger partial charge in [0, 0.05) is 16.7 Å². The number of Topliss-reactive ketones (excluding diaryl/α,β-unsaturated/α-hetero) is 2. The van der Waals surface area contributed by atoms with E-state index in [0.29, 0.717) is 22.5 Å². The fourth-order valence-electron chi connectivity index (χ4n) is 6.37. The Labute approximate surface area is 431 Å². The van der Waals surface area contributed by atoms with Crippen molar-refractivity contribution in [2.75, 3.05) is 10.9 Å². The largest absolute Gasteiger partial charge is 1.00 e. The third-order valence-electron chi connectivity index (χ3n) is 9.41. The Kier molecular flexibility index (Phi) is 16.8. The predicted molar refractivity (Wildman–Crippen MR) is 218 cm³/mol. The summed E-state index contributed by atoms with van der Waals surface area (Å²) in [6.07, 6.45) is 1.82. The molecule has 4 N–H and O–H groups in total. The third-order valence-corrected chi connectivity index (χ3v) is 11.2. The molecule has 0 amide bonds. The molecule has 0 aromatic heterocycles. The van der Waals surface area contributed by atoms with Crippen LogP contribution in [-0.2, 0) is 20.2 Å². The Balaban J connectivity index is 0.00000299. The van der Waals surface area contributed by atoms with Crippen molar-refractivity contribution >= 4 is 82.9 Å². The molecule has 5 aromatic rings. The number of carbonyl (C=O) groups excluding carboxylic acids is 3. The van der Waals surface area contributed by atoms with Gasteiger partial charge in [-0.2, -0.15) is 37.3 Å². The Bertz CT molecular complexity index is 3170. The van der Waals surface area contributed by atoms with E-state index in [4.69, 9.17) is 0 Å². The molecule has 0 saturated heterocycles. The normalized spacial score (nSPS) is 14.6. The van der Waals surface area contributed by atoms with E-state index in [1.807, 2.05) is 6.07 Å². The second-order valence-corrected chi connectivity index (χ2v) is 16.3. The smallest absolute Gasteiger partial charge is 0.872 e. The summed E-state index contributed by atoms with van der Waals surface area (Å²) < 4.78 is 69.0. The molecule has 2 aliphatic rings. The number of azo groups is 1. The maximum atomic E-state index is 13.8. The molecule has 64 heavy (non-hydrogen) atoms. The molecule has 0 radical (unpaired) electrons. The Morgan fingerprint density at radius 3 is 1.97 bits per heavy atom. The number of benzene rings is 5. The number of hydrogen-bond acceptors (Lipinski definition) is 16. The van der Waals surface area contributed by atoms with Gasteiger partial charge in [0.15, 0.2) is 5.71 Å². The Morgan fingerprint density at radius 1 is 0.656 bits per heavy atom. The summed E-state index contributed by atoms with van der Waals surface area (Å²) in [5.41, 5.74) is 6.56. The number of carbonyl (C=O) groups is 3. The van der Waals surface area contributed by atoms with Gasteiger partial charge in [-0.25, -0.2) is 0 Å². The SMILES string of the molecule is Cc1cc(-c2ccc(NN=C3C(=O)c4cc(NN=C5C=C(S(=O)(=O)O)c6cccc([O-])c6C5=O)ccc4C=C3S(=O)(=O)O)c(C)c2)ccc1N=Nc1ccc([O-])c(C(=O)[O-])c1.[Na+].[Na+].[Na+]. The molecule has 0 bridgehead atoms. The number of carboxylic acids is 1. The molecule has 5 aromatic carbocycles. The van der Waals surface area contributed by atoms with Gasteiger partial charge in [-0.15, -0.1) is 0 Å². The van der Waals surface area contributed by atoms with Gasteiger partial charge in [-0.3, -0.25) is 29.5 Å². The van der Waals surface area contributed by atoms with Gasteiger partial charge in [0.25, 0.3) is 20.2 Å². The van der Waals surface area contributed by atoms with Gasteiger partial charge < -0.3 is 20.1 Å². The number of ketones is 2. The van der Waals surface area contributed by atoms with Crippen LogP contribution in [0.2, 0.25) is 0 Å². The quantitative estimate of drug-likeness (QED) is 0.0446. The van der Waals surface area contributed by atoms with Crippen molar-refractivity contribution in [3.8, 4) is 22.6 Å². The number of rotatable bonds is 10. The number of nitrogens with zero attached hydrogens (tertiary/aromatic N) is 4. The molecule has 18 nitrogen and oxygen atoms in total. The van der Waals surface area contributed by atoms with Gasteiger partial charge in [0.2, 0.25) is 11.6 Å². The van der Waals surface area contributed by atoms with Crippen LogP contribution in [0.4, 0.5) is 22.7 Å². The van der Waals surface area contributed by atoms with Crippen LogP contribution in [0, 0.1) is 13.8 Å². The first kappa shape index (κ1) is 52.0.